The van der Waals surface area contributed by atoms with E-state index < -0.39 is 0 Å². The van der Waals surface area contributed by atoms with Crippen LogP contribution in [0.25, 0.3) is 0 Å². The smallest absolute Gasteiger partial charge is 0.122 e. The average molecular weight is 235 g/mol. The molecule has 1 aromatic carbocycles. The standard InChI is InChI=1S/C15H25NO/c1-6-16-14(11(2)3)10-13-9-12(4)7-8-15(13)17-5/h7-9,11,14,16H,6,10H2,1-5H3. The molecule has 1 unspecified atom stereocenters. The fraction of sp³-hybridized carbons (Fsp3) is 0.600. The summed E-state index contributed by atoms with van der Waals surface area (Å²) >= 11 is 0. The number of benzene rings is 1. The van der Waals surface area contributed by atoms with Gasteiger partial charge < -0.3 is 10.1 Å². The van der Waals surface area contributed by atoms with Gasteiger partial charge in [-0.15, -0.1) is 0 Å². The first kappa shape index (κ1) is 14.0. The molecule has 0 saturated carbocycles. The maximum atomic E-state index is 5.43. The predicted octanol–water partition coefficient (Wildman–Crippen LogP) is 3.18. The molecule has 17 heavy (non-hydrogen) atoms. The Hall–Kier alpha value is -1.02. The highest BCUT2D eigenvalue weighted by Crippen LogP contribution is 2.22. The first-order chi connectivity index (χ1) is 8.08. The van der Waals surface area contributed by atoms with E-state index in [4.69, 9.17) is 4.74 Å². The van der Waals surface area contributed by atoms with Gasteiger partial charge >= 0.3 is 0 Å². The number of hydrogen-bond acceptors (Lipinski definition) is 2. The lowest BCUT2D eigenvalue weighted by molar-refractivity contribution is 0.383. The van der Waals surface area contributed by atoms with Crippen LogP contribution >= 0.6 is 0 Å². The molecule has 0 aliphatic heterocycles. The third-order valence-corrected chi connectivity index (χ3v) is 3.15. The summed E-state index contributed by atoms with van der Waals surface area (Å²) in [5, 5.41) is 3.55. The predicted molar refractivity (Wildman–Crippen MR) is 73.7 cm³/mol. The van der Waals surface area contributed by atoms with Gasteiger partial charge in [0.1, 0.15) is 5.75 Å². The van der Waals surface area contributed by atoms with Crippen LogP contribution in [-0.2, 0) is 6.42 Å². The van der Waals surface area contributed by atoms with Crippen LogP contribution in [0, 0.1) is 12.8 Å². The van der Waals surface area contributed by atoms with Gasteiger partial charge in [0.05, 0.1) is 7.11 Å². The molecule has 0 radical (unpaired) electrons. The van der Waals surface area contributed by atoms with Gasteiger partial charge in [-0.1, -0.05) is 38.5 Å². The molecule has 0 aromatic heterocycles. The van der Waals surface area contributed by atoms with Crippen LogP contribution in [0.1, 0.15) is 31.9 Å². The van der Waals surface area contributed by atoms with Gasteiger partial charge in [-0.3, -0.25) is 0 Å². The number of aryl methyl sites for hydroxylation is 1. The van der Waals surface area contributed by atoms with Crippen LogP contribution in [0.3, 0.4) is 0 Å². The van der Waals surface area contributed by atoms with E-state index in [0.29, 0.717) is 12.0 Å². The largest absolute Gasteiger partial charge is 0.496 e. The van der Waals surface area contributed by atoms with Gasteiger partial charge in [0.2, 0.25) is 0 Å². The monoisotopic (exact) mass is 235 g/mol. The normalized spacial score (nSPS) is 12.8. The Labute approximate surface area is 105 Å². The van der Waals surface area contributed by atoms with Crippen LogP contribution in [0.5, 0.6) is 5.75 Å². The Morgan fingerprint density at radius 1 is 1.29 bits per heavy atom. The minimum atomic E-state index is 0.510. The van der Waals surface area contributed by atoms with Crippen molar-refractivity contribution in [2.75, 3.05) is 13.7 Å². The molecular formula is C15H25NO. The van der Waals surface area contributed by atoms with Gasteiger partial charge in [-0.2, -0.15) is 0 Å². The molecule has 2 heteroatoms. The highest BCUT2D eigenvalue weighted by atomic mass is 16.5. The second-order valence-electron chi connectivity index (χ2n) is 4.93. The molecule has 1 atom stereocenters. The van der Waals surface area contributed by atoms with E-state index in [2.05, 4.69) is 51.2 Å². The van der Waals surface area contributed by atoms with E-state index in [1.165, 1.54) is 11.1 Å². The molecule has 96 valence electrons. The molecule has 0 saturated heterocycles. The minimum Gasteiger partial charge on any atom is -0.496 e. The van der Waals surface area contributed by atoms with Crippen molar-refractivity contribution in [1.29, 1.82) is 0 Å². The van der Waals surface area contributed by atoms with Crippen LogP contribution in [0.15, 0.2) is 18.2 Å². The van der Waals surface area contributed by atoms with Crippen molar-refractivity contribution in [3.05, 3.63) is 29.3 Å². The van der Waals surface area contributed by atoms with E-state index >= 15 is 0 Å². The summed E-state index contributed by atoms with van der Waals surface area (Å²) in [5.74, 6) is 1.62. The van der Waals surface area contributed by atoms with Gasteiger partial charge in [0.15, 0.2) is 0 Å². The lowest BCUT2D eigenvalue weighted by atomic mass is 9.95. The molecule has 2 nitrogen and oxygen atoms in total. The SMILES string of the molecule is CCNC(Cc1cc(C)ccc1OC)C(C)C. The molecule has 0 heterocycles. The molecule has 0 amide bonds. The van der Waals surface area contributed by atoms with Crippen LogP contribution in [0.4, 0.5) is 0 Å². The first-order valence-corrected chi connectivity index (χ1v) is 6.45. The van der Waals surface area contributed by atoms with E-state index in [1.54, 1.807) is 7.11 Å². The highest BCUT2D eigenvalue weighted by molar-refractivity contribution is 5.37. The van der Waals surface area contributed by atoms with Gasteiger partial charge in [0, 0.05) is 6.04 Å². The van der Waals surface area contributed by atoms with Crippen LogP contribution in [0.2, 0.25) is 0 Å². The Bertz CT molecular complexity index is 347. The fourth-order valence-electron chi connectivity index (χ4n) is 2.11. The molecule has 0 aliphatic carbocycles. The summed E-state index contributed by atoms with van der Waals surface area (Å²) in [5.41, 5.74) is 2.59. The summed E-state index contributed by atoms with van der Waals surface area (Å²) < 4.78 is 5.43. The second-order valence-corrected chi connectivity index (χ2v) is 4.93. The summed E-state index contributed by atoms with van der Waals surface area (Å²) in [6, 6.07) is 6.90. The van der Waals surface area contributed by atoms with Crippen molar-refractivity contribution in [2.45, 2.75) is 40.2 Å². The topological polar surface area (TPSA) is 21.3 Å². The first-order valence-electron chi connectivity index (χ1n) is 6.45. The van der Waals surface area contributed by atoms with E-state index in [1.807, 2.05) is 0 Å². The number of methoxy groups -OCH3 is 1. The molecule has 0 spiro atoms. The third kappa shape index (κ3) is 4.04. The van der Waals surface area contributed by atoms with Crippen LogP contribution in [-0.4, -0.2) is 19.7 Å². The van der Waals surface area contributed by atoms with Gasteiger partial charge in [-0.25, -0.2) is 0 Å². The maximum Gasteiger partial charge on any atom is 0.122 e. The van der Waals surface area contributed by atoms with Crippen molar-refractivity contribution < 1.29 is 4.74 Å². The molecule has 0 fully saturated rings. The van der Waals surface area contributed by atoms with E-state index in [9.17, 15) is 0 Å². The lowest BCUT2D eigenvalue weighted by Gasteiger charge is -2.23. The molecule has 1 rings (SSSR count). The zero-order valence-corrected chi connectivity index (χ0v) is 11.7. The Kier molecular flexibility index (Phi) is 5.49. The summed E-state index contributed by atoms with van der Waals surface area (Å²) in [4.78, 5) is 0. The second kappa shape index (κ2) is 6.65. The van der Waals surface area contributed by atoms with Gasteiger partial charge in [-0.05, 0) is 37.4 Å². The maximum absolute atomic E-state index is 5.43. The summed E-state index contributed by atoms with van der Waals surface area (Å²) in [7, 11) is 1.74. The molecular weight excluding hydrogens is 210 g/mol. The Morgan fingerprint density at radius 2 is 2.00 bits per heavy atom. The minimum absolute atomic E-state index is 0.510. The summed E-state index contributed by atoms with van der Waals surface area (Å²) in [6.45, 7) is 9.81. The van der Waals surface area contributed by atoms with E-state index in [0.717, 1.165) is 18.7 Å². The molecule has 1 N–H and O–H groups in total. The number of rotatable bonds is 6. The van der Waals surface area contributed by atoms with Crippen molar-refractivity contribution in [3.63, 3.8) is 0 Å². The molecule has 0 aliphatic rings. The number of ether oxygens (including phenoxy) is 1. The number of likely N-dealkylation sites (N-methyl/N-ethyl adjacent to an activating group) is 1. The van der Waals surface area contributed by atoms with Crippen molar-refractivity contribution >= 4 is 0 Å². The Balaban J connectivity index is 2.87. The molecule has 1 aromatic rings. The average Bonchev–Trinajstić information content (AvgIpc) is 2.28. The van der Waals surface area contributed by atoms with Crippen molar-refractivity contribution in [3.8, 4) is 5.75 Å². The van der Waals surface area contributed by atoms with Crippen LogP contribution < -0.4 is 10.1 Å². The van der Waals surface area contributed by atoms with Crippen molar-refractivity contribution in [2.24, 2.45) is 5.92 Å². The third-order valence-electron chi connectivity index (χ3n) is 3.15. The summed E-state index contributed by atoms with van der Waals surface area (Å²) in [6.07, 6.45) is 1.02. The lowest BCUT2D eigenvalue weighted by Crippen LogP contribution is -2.35. The highest BCUT2D eigenvalue weighted by Gasteiger charge is 2.15. The number of hydrogen-bond donors (Lipinski definition) is 1. The van der Waals surface area contributed by atoms with Gasteiger partial charge in [0.25, 0.3) is 0 Å². The Morgan fingerprint density at radius 3 is 2.53 bits per heavy atom. The quantitative estimate of drug-likeness (QED) is 0.817. The zero-order valence-electron chi connectivity index (χ0n) is 11.7. The fourth-order valence-corrected chi connectivity index (χ4v) is 2.11. The zero-order chi connectivity index (χ0) is 12.8. The number of nitrogens with one attached hydrogen (secondary N) is 1. The molecule has 0 bridgehead atoms. The van der Waals surface area contributed by atoms with Crippen molar-refractivity contribution in [1.82, 2.24) is 5.32 Å². The van der Waals surface area contributed by atoms with E-state index in [-0.39, 0.29) is 0 Å².